The third-order valence-corrected chi connectivity index (χ3v) is 3.53. The molecule has 1 saturated heterocycles. The van der Waals surface area contributed by atoms with Crippen molar-refractivity contribution in [3.05, 3.63) is 47.3 Å². The summed E-state index contributed by atoms with van der Waals surface area (Å²) in [6.45, 7) is 7.50. The Balaban J connectivity index is 0.00000180. The van der Waals surface area contributed by atoms with Gasteiger partial charge in [-0.3, -0.25) is 4.90 Å². The SMILES string of the molecule is C=CC[C@@H](c1cc(Cl)ccc1F)N1CCNCC1.Cl. The first-order valence-corrected chi connectivity index (χ1v) is 6.61. The smallest absolute Gasteiger partial charge is 0.128 e. The van der Waals surface area contributed by atoms with Crippen LogP contribution in [-0.2, 0) is 0 Å². The van der Waals surface area contributed by atoms with E-state index in [1.54, 1.807) is 12.1 Å². The second-order valence-electron chi connectivity index (χ2n) is 4.49. The van der Waals surface area contributed by atoms with Crippen molar-refractivity contribution in [1.29, 1.82) is 0 Å². The lowest BCUT2D eigenvalue weighted by Crippen LogP contribution is -2.45. The molecule has 1 aliphatic rings. The van der Waals surface area contributed by atoms with Crippen molar-refractivity contribution in [2.24, 2.45) is 0 Å². The number of halogens is 3. The normalized spacial score (nSPS) is 17.6. The predicted octanol–water partition coefficient (Wildman–Crippen LogP) is 3.42. The first-order chi connectivity index (χ1) is 8.72. The van der Waals surface area contributed by atoms with E-state index in [0.717, 1.165) is 32.6 Å². The van der Waals surface area contributed by atoms with Crippen molar-refractivity contribution in [3.8, 4) is 0 Å². The first kappa shape index (κ1) is 16.4. The molecule has 1 aliphatic heterocycles. The molecule has 0 radical (unpaired) electrons. The van der Waals surface area contributed by atoms with E-state index in [1.807, 2.05) is 6.08 Å². The number of hydrogen-bond acceptors (Lipinski definition) is 2. The van der Waals surface area contributed by atoms with Crippen LogP contribution < -0.4 is 5.32 Å². The lowest BCUT2D eigenvalue weighted by atomic mass is 10.0. The molecule has 0 unspecified atom stereocenters. The van der Waals surface area contributed by atoms with Gasteiger partial charge in [-0.15, -0.1) is 19.0 Å². The molecular formula is C14H19Cl2FN2. The number of benzene rings is 1. The second kappa shape index (κ2) is 7.85. The maximum absolute atomic E-state index is 14.0. The van der Waals surface area contributed by atoms with Gasteiger partial charge in [-0.1, -0.05) is 17.7 Å². The van der Waals surface area contributed by atoms with E-state index < -0.39 is 0 Å². The molecule has 5 heteroatoms. The Morgan fingerprint density at radius 2 is 2.11 bits per heavy atom. The molecule has 1 N–H and O–H groups in total. The Bertz CT molecular complexity index is 420. The monoisotopic (exact) mass is 304 g/mol. The third-order valence-electron chi connectivity index (χ3n) is 3.30. The zero-order valence-corrected chi connectivity index (χ0v) is 12.3. The molecule has 0 amide bonds. The zero-order valence-electron chi connectivity index (χ0n) is 10.7. The zero-order chi connectivity index (χ0) is 13.0. The Morgan fingerprint density at radius 1 is 1.42 bits per heavy atom. The van der Waals surface area contributed by atoms with Gasteiger partial charge in [-0.2, -0.15) is 0 Å². The van der Waals surface area contributed by atoms with Crippen LogP contribution in [-0.4, -0.2) is 31.1 Å². The Morgan fingerprint density at radius 3 is 2.74 bits per heavy atom. The molecule has 2 nitrogen and oxygen atoms in total. The van der Waals surface area contributed by atoms with Gasteiger partial charge >= 0.3 is 0 Å². The second-order valence-corrected chi connectivity index (χ2v) is 4.93. The van der Waals surface area contributed by atoms with E-state index in [0.29, 0.717) is 10.6 Å². The Kier molecular flexibility index (Phi) is 6.80. The number of nitrogens with one attached hydrogen (secondary N) is 1. The van der Waals surface area contributed by atoms with E-state index in [2.05, 4.69) is 16.8 Å². The van der Waals surface area contributed by atoms with Crippen LogP contribution in [0.25, 0.3) is 0 Å². The molecule has 0 spiro atoms. The minimum absolute atomic E-state index is 0. The topological polar surface area (TPSA) is 15.3 Å². The van der Waals surface area contributed by atoms with Crippen LogP contribution in [0, 0.1) is 5.82 Å². The maximum Gasteiger partial charge on any atom is 0.128 e. The van der Waals surface area contributed by atoms with Crippen molar-refractivity contribution < 1.29 is 4.39 Å². The molecule has 1 aromatic carbocycles. The summed E-state index contributed by atoms with van der Waals surface area (Å²) in [5.41, 5.74) is 0.671. The minimum atomic E-state index is -0.190. The van der Waals surface area contributed by atoms with Crippen LogP contribution in [0.2, 0.25) is 5.02 Å². The van der Waals surface area contributed by atoms with E-state index in [9.17, 15) is 4.39 Å². The van der Waals surface area contributed by atoms with Gasteiger partial charge in [0.15, 0.2) is 0 Å². The molecule has 19 heavy (non-hydrogen) atoms. The largest absolute Gasteiger partial charge is 0.314 e. The van der Waals surface area contributed by atoms with E-state index in [-0.39, 0.29) is 24.3 Å². The van der Waals surface area contributed by atoms with Crippen LogP contribution in [0.15, 0.2) is 30.9 Å². The predicted molar refractivity (Wildman–Crippen MR) is 80.7 cm³/mol. The molecule has 0 aliphatic carbocycles. The molecule has 1 aromatic rings. The standard InChI is InChI=1S/C14H18ClFN2.ClH/c1-2-3-14(18-8-6-17-7-9-18)12-10-11(15)4-5-13(12)16;/h2,4-5,10,14,17H,1,3,6-9H2;1H/t14-;/m0./s1. The average Bonchev–Trinajstić information content (AvgIpc) is 2.40. The highest BCUT2D eigenvalue weighted by molar-refractivity contribution is 6.30. The van der Waals surface area contributed by atoms with Crippen molar-refractivity contribution in [2.75, 3.05) is 26.2 Å². The number of hydrogen-bond donors (Lipinski definition) is 1. The van der Waals surface area contributed by atoms with Gasteiger partial charge in [0.2, 0.25) is 0 Å². The summed E-state index contributed by atoms with van der Waals surface area (Å²) in [6.07, 6.45) is 2.57. The van der Waals surface area contributed by atoms with Gasteiger partial charge in [0, 0.05) is 42.8 Å². The van der Waals surface area contributed by atoms with Gasteiger partial charge in [0.25, 0.3) is 0 Å². The third kappa shape index (κ3) is 4.18. The molecule has 1 atom stereocenters. The first-order valence-electron chi connectivity index (χ1n) is 6.23. The van der Waals surface area contributed by atoms with Gasteiger partial charge in [0.05, 0.1) is 0 Å². The van der Waals surface area contributed by atoms with Crippen LogP contribution >= 0.6 is 24.0 Å². The van der Waals surface area contributed by atoms with Gasteiger partial charge in [-0.05, 0) is 24.6 Å². The summed E-state index contributed by atoms with van der Waals surface area (Å²) < 4.78 is 14.0. The molecule has 0 aromatic heterocycles. The number of rotatable bonds is 4. The molecule has 1 fully saturated rings. The quantitative estimate of drug-likeness (QED) is 0.858. The summed E-state index contributed by atoms with van der Waals surface area (Å²) in [7, 11) is 0. The number of nitrogens with zero attached hydrogens (tertiary/aromatic N) is 1. The summed E-state index contributed by atoms with van der Waals surface area (Å²) in [6, 6.07) is 4.79. The lowest BCUT2D eigenvalue weighted by Gasteiger charge is -2.35. The van der Waals surface area contributed by atoms with Gasteiger partial charge < -0.3 is 5.32 Å². The molecule has 106 valence electrons. The van der Waals surface area contributed by atoms with Crippen LogP contribution in [0.4, 0.5) is 4.39 Å². The fraction of sp³-hybridized carbons (Fsp3) is 0.429. The van der Waals surface area contributed by atoms with Crippen molar-refractivity contribution >= 4 is 24.0 Å². The van der Waals surface area contributed by atoms with Crippen molar-refractivity contribution in [1.82, 2.24) is 10.2 Å². The highest BCUT2D eigenvalue weighted by Crippen LogP contribution is 2.29. The highest BCUT2D eigenvalue weighted by Gasteiger charge is 2.23. The summed E-state index contributed by atoms with van der Waals surface area (Å²) in [5.74, 6) is -0.190. The summed E-state index contributed by atoms with van der Waals surface area (Å²) >= 11 is 5.98. The van der Waals surface area contributed by atoms with E-state index in [1.165, 1.54) is 6.07 Å². The van der Waals surface area contributed by atoms with Crippen LogP contribution in [0.1, 0.15) is 18.0 Å². The number of piperazine rings is 1. The fourth-order valence-corrected chi connectivity index (χ4v) is 2.57. The molecule has 1 heterocycles. The van der Waals surface area contributed by atoms with Gasteiger partial charge in [-0.25, -0.2) is 4.39 Å². The van der Waals surface area contributed by atoms with E-state index in [4.69, 9.17) is 11.6 Å². The fourth-order valence-electron chi connectivity index (χ4n) is 2.39. The van der Waals surface area contributed by atoms with Crippen LogP contribution in [0.3, 0.4) is 0 Å². The lowest BCUT2D eigenvalue weighted by molar-refractivity contribution is 0.171. The molecule has 0 saturated carbocycles. The Labute approximate surface area is 125 Å². The van der Waals surface area contributed by atoms with Crippen LogP contribution in [0.5, 0.6) is 0 Å². The highest BCUT2D eigenvalue weighted by atomic mass is 35.5. The molecule has 0 bridgehead atoms. The maximum atomic E-state index is 14.0. The summed E-state index contributed by atoms with van der Waals surface area (Å²) in [5, 5.41) is 3.88. The van der Waals surface area contributed by atoms with Crippen molar-refractivity contribution in [3.63, 3.8) is 0 Å². The van der Waals surface area contributed by atoms with Crippen molar-refractivity contribution in [2.45, 2.75) is 12.5 Å². The average molecular weight is 305 g/mol. The summed E-state index contributed by atoms with van der Waals surface area (Å²) in [4.78, 5) is 2.28. The van der Waals surface area contributed by atoms with E-state index >= 15 is 0 Å². The molecular weight excluding hydrogens is 286 g/mol. The van der Waals surface area contributed by atoms with Gasteiger partial charge in [0.1, 0.15) is 5.82 Å². The minimum Gasteiger partial charge on any atom is -0.314 e. The Hall–Kier alpha value is -0.610. The molecule has 2 rings (SSSR count).